The van der Waals surface area contributed by atoms with Gasteiger partial charge in [-0.05, 0) is 37.1 Å². The Labute approximate surface area is 122 Å². The molecule has 0 aliphatic heterocycles. The van der Waals surface area contributed by atoms with E-state index in [1.165, 1.54) is 16.0 Å². The first-order chi connectivity index (χ1) is 9.61. The van der Waals surface area contributed by atoms with Crippen LogP contribution in [0.5, 0.6) is 0 Å². The number of pyridine rings is 1. The second kappa shape index (κ2) is 6.43. The number of thioether (sulfide) groups is 1. The highest BCUT2D eigenvalue weighted by Gasteiger charge is 2.09. The minimum atomic E-state index is 0.0434. The van der Waals surface area contributed by atoms with Crippen LogP contribution in [0.25, 0.3) is 0 Å². The number of hydrogen-bond acceptors (Lipinski definition) is 4. The van der Waals surface area contributed by atoms with Crippen molar-refractivity contribution in [3.05, 3.63) is 58.9 Å². The predicted molar refractivity (Wildman–Crippen MR) is 82.2 cm³/mol. The van der Waals surface area contributed by atoms with Gasteiger partial charge in [0.15, 0.2) is 5.84 Å². The third-order valence-corrected chi connectivity index (χ3v) is 4.18. The zero-order chi connectivity index (χ0) is 14.5. The summed E-state index contributed by atoms with van der Waals surface area (Å²) in [4.78, 5) is 5.40. The third kappa shape index (κ3) is 3.30. The summed E-state index contributed by atoms with van der Waals surface area (Å²) in [5.41, 5.74) is 9.64. The maximum Gasteiger partial charge on any atom is 0.189 e. The van der Waals surface area contributed by atoms with Crippen LogP contribution in [0.4, 0.5) is 0 Å². The van der Waals surface area contributed by atoms with Gasteiger partial charge in [-0.2, -0.15) is 0 Å². The van der Waals surface area contributed by atoms with Crippen molar-refractivity contribution in [1.29, 1.82) is 0 Å². The number of oxime groups is 1. The third-order valence-electron chi connectivity index (χ3n) is 2.96. The summed E-state index contributed by atoms with van der Waals surface area (Å²) in [5.74, 6) is 0.769. The van der Waals surface area contributed by atoms with Crippen molar-refractivity contribution < 1.29 is 5.21 Å². The Morgan fingerprint density at radius 2 is 2.15 bits per heavy atom. The molecule has 4 nitrogen and oxygen atoms in total. The monoisotopic (exact) mass is 287 g/mol. The molecular formula is C15H17N3OS. The molecule has 2 aromatic rings. The normalized spacial score (nSPS) is 11.6. The number of hydrogen-bond donors (Lipinski definition) is 2. The highest BCUT2D eigenvalue weighted by Crippen LogP contribution is 2.27. The van der Waals surface area contributed by atoms with Crippen molar-refractivity contribution >= 4 is 17.6 Å². The molecule has 1 aromatic heterocycles. The van der Waals surface area contributed by atoms with Crippen molar-refractivity contribution in [1.82, 2.24) is 4.98 Å². The van der Waals surface area contributed by atoms with Gasteiger partial charge in [-0.15, -0.1) is 11.8 Å². The summed E-state index contributed by atoms with van der Waals surface area (Å²) in [6.07, 6.45) is 1.64. The summed E-state index contributed by atoms with van der Waals surface area (Å²) in [7, 11) is 0. The van der Waals surface area contributed by atoms with Gasteiger partial charge in [-0.25, -0.2) is 0 Å². The van der Waals surface area contributed by atoms with Crippen LogP contribution in [-0.4, -0.2) is 16.0 Å². The van der Waals surface area contributed by atoms with Crippen LogP contribution in [0.1, 0.15) is 22.4 Å². The average molecular weight is 287 g/mol. The lowest BCUT2D eigenvalue weighted by Gasteiger charge is -2.09. The largest absolute Gasteiger partial charge is 0.409 e. The standard InChI is InChI=1S/C15H17N3OS/c1-10-5-6-13(11(2)8-10)20-9-12-4-3-7-17-14(12)15(16)18-19/h3-8,19H,9H2,1-2H3,(H2,16,18). The van der Waals surface area contributed by atoms with Crippen molar-refractivity contribution in [2.75, 3.05) is 0 Å². The Balaban J connectivity index is 2.19. The summed E-state index contributed by atoms with van der Waals surface area (Å²) < 4.78 is 0. The van der Waals surface area contributed by atoms with E-state index in [4.69, 9.17) is 10.9 Å². The molecule has 2 rings (SSSR count). The van der Waals surface area contributed by atoms with Crippen LogP contribution in [0.2, 0.25) is 0 Å². The molecule has 1 aromatic carbocycles. The van der Waals surface area contributed by atoms with E-state index in [0.29, 0.717) is 5.69 Å². The lowest BCUT2D eigenvalue weighted by atomic mass is 10.2. The van der Waals surface area contributed by atoms with Crippen LogP contribution in [-0.2, 0) is 5.75 Å². The fourth-order valence-corrected chi connectivity index (χ4v) is 2.94. The minimum Gasteiger partial charge on any atom is -0.409 e. The highest BCUT2D eigenvalue weighted by molar-refractivity contribution is 7.98. The Morgan fingerprint density at radius 3 is 2.85 bits per heavy atom. The van der Waals surface area contributed by atoms with E-state index in [-0.39, 0.29) is 5.84 Å². The first-order valence-corrected chi connectivity index (χ1v) is 7.22. The molecule has 0 saturated carbocycles. The van der Waals surface area contributed by atoms with Crippen molar-refractivity contribution in [3.8, 4) is 0 Å². The van der Waals surface area contributed by atoms with Crippen molar-refractivity contribution in [3.63, 3.8) is 0 Å². The van der Waals surface area contributed by atoms with E-state index < -0.39 is 0 Å². The van der Waals surface area contributed by atoms with Gasteiger partial charge >= 0.3 is 0 Å². The van der Waals surface area contributed by atoms with Crippen LogP contribution < -0.4 is 5.73 Å². The number of benzene rings is 1. The molecule has 3 N–H and O–H groups in total. The van der Waals surface area contributed by atoms with Gasteiger partial charge in [0.2, 0.25) is 0 Å². The van der Waals surface area contributed by atoms with Gasteiger partial charge in [0.05, 0.1) is 0 Å². The molecule has 0 amide bonds. The van der Waals surface area contributed by atoms with Gasteiger partial charge in [-0.1, -0.05) is 28.9 Å². The first-order valence-electron chi connectivity index (χ1n) is 6.23. The Kier molecular flexibility index (Phi) is 4.63. The lowest BCUT2D eigenvalue weighted by molar-refractivity contribution is 0.318. The molecule has 0 fully saturated rings. The maximum atomic E-state index is 8.79. The quantitative estimate of drug-likeness (QED) is 0.298. The SMILES string of the molecule is Cc1ccc(SCc2cccnc2C(N)=NO)c(C)c1. The zero-order valence-electron chi connectivity index (χ0n) is 11.5. The summed E-state index contributed by atoms with van der Waals surface area (Å²) in [6.45, 7) is 4.18. The zero-order valence-corrected chi connectivity index (χ0v) is 12.3. The molecule has 0 unspecified atom stereocenters. The Hall–Kier alpha value is -2.01. The molecule has 20 heavy (non-hydrogen) atoms. The molecule has 0 saturated heterocycles. The number of aromatic nitrogens is 1. The second-order valence-corrected chi connectivity index (χ2v) is 5.57. The molecule has 0 spiro atoms. The predicted octanol–water partition coefficient (Wildman–Crippen LogP) is 3.09. The smallest absolute Gasteiger partial charge is 0.189 e. The van der Waals surface area contributed by atoms with E-state index in [2.05, 4.69) is 42.2 Å². The molecule has 0 aliphatic rings. The molecule has 1 heterocycles. The Bertz CT molecular complexity index is 641. The van der Waals surface area contributed by atoms with Gasteiger partial charge in [0.1, 0.15) is 5.69 Å². The molecule has 0 radical (unpaired) electrons. The maximum absolute atomic E-state index is 8.79. The molecule has 0 aliphatic carbocycles. The minimum absolute atomic E-state index is 0.0434. The average Bonchev–Trinajstić information content (AvgIpc) is 2.46. The number of aryl methyl sites for hydroxylation is 2. The number of nitrogens with two attached hydrogens (primary N) is 1. The van der Waals surface area contributed by atoms with Crippen LogP contribution >= 0.6 is 11.8 Å². The number of nitrogens with zero attached hydrogens (tertiary/aromatic N) is 2. The fraction of sp³-hybridized carbons (Fsp3) is 0.200. The van der Waals surface area contributed by atoms with Gasteiger partial charge in [0, 0.05) is 16.8 Å². The fourth-order valence-electron chi connectivity index (χ4n) is 1.95. The Morgan fingerprint density at radius 1 is 1.35 bits per heavy atom. The molecular weight excluding hydrogens is 270 g/mol. The number of amidine groups is 1. The summed E-state index contributed by atoms with van der Waals surface area (Å²) in [6, 6.07) is 10.2. The molecule has 104 valence electrons. The van der Waals surface area contributed by atoms with Crippen LogP contribution in [0.15, 0.2) is 46.6 Å². The molecule has 5 heteroatoms. The topological polar surface area (TPSA) is 71.5 Å². The number of rotatable bonds is 4. The van der Waals surface area contributed by atoms with Crippen LogP contribution in [0, 0.1) is 13.8 Å². The van der Waals surface area contributed by atoms with Gasteiger partial charge in [-0.3, -0.25) is 4.98 Å². The van der Waals surface area contributed by atoms with Gasteiger partial charge < -0.3 is 10.9 Å². The summed E-state index contributed by atoms with van der Waals surface area (Å²) >= 11 is 1.72. The van der Waals surface area contributed by atoms with Crippen LogP contribution in [0.3, 0.4) is 0 Å². The van der Waals surface area contributed by atoms with Crippen molar-refractivity contribution in [2.45, 2.75) is 24.5 Å². The van der Waals surface area contributed by atoms with E-state index in [1.807, 2.05) is 12.1 Å². The van der Waals surface area contributed by atoms with E-state index >= 15 is 0 Å². The first kappa shape index (κ1) is 14.4. The van der Waals surface area contributed by atoms with E-state index in [0.717, 1.165) is 11.3 Å². The lowest BCUT2D eigenvalue weighted by Crippen LogP contribution is -2.17. The molecule has 0 atom stereocenters. The highest BCUT2D eigenvalue weighted by atomic mass is 32.2. The van der Waals surface area contributed by atoms with Gasteiger partial charge in [0.25, 0.3) is 0 Å². The second-order valence-electron chi connectivity index (χ2n) is 4.55. The van der Waals surface area contributed by atoms with E-state index in [9.17, 15) is 0 Å². The van der Waals surface area contributed by atoms with Crippen molar-refractivity contribution in [2.24, 2.45) is 10.9 Å². The van der Waals surface area contributed by atoms with E-state index in [1.54, 1.807) is 18.0 Å². The summed E-state index contributed by atoms with van der Waals surface area (Å²) in [5, 5.41) is 11.8. The molecule has 0 bridgehead atoms.